The quantitative estimate of drug-likeness (QED) is 0.442. The maximum atomic E-state index is 11.9. The van der Waals surface area contributed by atoms with Gasteiger partial charge >= 0.3 is 5.97 Å². The summed E-state index contributed by atoms with van der Waals surface area (Å²) in [6, 6.07) is 0. The van der Waals surface area contributed by atoms with Gasteiger partial charge < -0.3 is 14.8 Å². The minimum atomic E-state index is -0.594. The van der Waals surface area contributed by atoms with Crippen LogP contribution in [0.3, 0.4) is 0 Å². The molecular formula is C16H33NO3. The maximum Gasteiger partial charge on any atom is 0.325 e. The zero-order chi connectivity index (χ0) is 15.4. The van der Waals surface area contributed by atoms with Crippen molar-refractivity contribution in [2.45, 2.75) is 65.3 Å². The molecule has 2 atom stereocenters. The van der Waals surface area contributed by atoms with Gasteiger partial charge in [0.25, 0.3) is 0 Å². The van der Waals surface area contributed by atoms with E-state index in [-0.39, 0.29) is 5.97 Å². The summed E-state index contributed by atoms with van der Waals surface area (Å²) in [6.07, 6.45) is 5.00. The molecule has 0 saturated heterocycles. The molecule has 2 unspecified atom stereocenters. The van der Waals surface area contributed by atoms with Crippen LogP contribution in [0.15, 0.2) is 0 Å². The lowest BCUT2D eigenvalue weighted by atomic mass is 9.96. The van der Waals surface area contributed by atoms with Crippen LogP contribution in [-0.4, -0.2) is 38.4 Å². The number of rotatable bonds is 12. The van der Waals surface area contributed by atoms with Crippen LogP contribution in [-0.2, 0) is 14.3 Å². The molecule has 0 aromatic rings. The van der Waals surface area contributed by atoms with Crippen molar-refractivity contribution < 1.29 is 14.3 Å². The Balaban J connectivity index is 3.99. The summed E-state index contributed by atoms with van der Waals surface area (Å²) < 4.78 is 10.6. The molecule has 20 heavy (non-hydrogen) atoms. The molecule has 120 valence electrons. The Morgan fingerprint density at radius 3 is 2.55 bits per heavy atom. The number of methoxy groups -OCH3 is 1. The van der Waals surface area contributed by atoms with Crippen molar-refractivity contribution in [3.05, 3.63) is 0 Å². The molecule has 0 aliphatic rings. The van der Waals surface area contributed by atoms with Crippen molar-refractivity contribution in [1.29, 1.82) is 0 Å². The smallest absolute Gasteiger partial charge is 0.325 e. The summed E-state index contributed by atoms with van der Waals surface area (Å²) in [7, 11) is 1.44. The predicted octanol–water partition coefficient (Wildman–Crippen LogP) is 3.15. The van der Waals surface area contributed by atoms with Gasteiger partial charge in [-0.3, -0.25) is 4.79 Å². The number of carbonyl (C=O) groups is 1. The summed E-state index contributed by atoms with van der Waals surface area (Å²) >= 11 is 0. The van der Waals surface area contributed by atoms with Crippen LogP contribution in [0.5, 0.6) is 0 Å². The highest BCUT2D eigenvalue weighted by Crippen LogP contribution is 2.15. The minimum Gasteiger partial charge on any atom is -0.468 e. The first-order chi connectivity index (χ1) is 9.50. The van der Waals surface area contributed by atoms with E-state index in [1.165, 1.54) is 20.0 Å². The van der Waals surface area contributed by atoms with Crippen molar-refractivity contribution in [2.24, 2.45) is 5.92 Å². The first kappa shape index (κ1) is 19.4. The van der Waals surface area contributed by atoms with Gasteiger partial charge in [0.05, 0.1) is 7.11 Å². The molecule has 0 heterocycles. The molecule has 0 saturated carbocycles. The van der Waals surface area contributed by atoms with Gasteiger partial charge in [0.1, 0.15) is 5.54 Å². The highest BCUT2D eigenvalue weighted by Gasteiger charge is 2.32. The van der Waals surface area contributed by atoms with Crippen LogP contribution in [0, 0.1) is 5.92 Å². The Kier molecular flexibility index (Phi) is 10.8. The molecule has 0 aliphatic carbocycles. The molecule has 4 heteroatoms. The third kappa shape index (κ3) is 7.85. The molecule has 0 bridgehead atoms. The largest absolute Gasteiger partial charge is 0.468 e. The fourth-order valence-electron chi connectivity index (χ4n) is 2.28. The van der Waals surface area contributed by atoms with Gasteiger partial charge in [-0.1, -0.05) is 27.2 Å². The standard InChI is InChI=1S/C16H33NO3/c1-6-9-14(3)13-20-12-8-10-16(4,15(18)19-5)17-11-7-2/h14,17H,6-13H2,1-5H3. The molecule has 0 rings (SSSR count). The molecule has 0 aliphatic heterocycles. The summed E-state index contributed by atoms with van der Waals surface area (Å²) in [6.45, 7) is 10.7. The number of ether oxygens (including phenoxy) is 2. The van der Waals surface area contributed by atoms with Crippen molar-refractivity contribution >= 4 is 5.97 Å². The normalized spacial score (nSPS) is 15.7. The highest BCUT2D eigenvalue weighted by atomic mass is 16.5. The molecule has 0 spiro atoms. The second-order valence-electron chi connectivity index (χ2n) is 5.82. The predicted molar refractivity (Wildman–Crippen MR) is 82.8 cm³/mol. The summed E-state index contributed by atoms with van der Waals surface area (Å²) in [5.41, 5.74) is -0.594. The van der Waals surface area contributed by atoms with E-state index in [2.05, 4.69) is 26.1 Å². The first-order valence-corrected chi connectivity index (χ1v) is 7.91. The van der Waals surface area contributed by atoms with Crippen molar-refractivity contribution in [3.8, 4) is 0 Å². The molecular weight excluding hydrogens is 254 g/mol. The molecule has 0 radical (unpaired) electrons. The van der Waals surface area contributed by atoms with Gasteiger partial charge in [0.2, 0.25) is 0 Å². The van der Waals surface area contributed by atoms with Crippen molar-refractivity contribution in [3.63, 3.8) is 0 Å². The number of carbonyl (C=O) groups excluding carboxylic acids is 1. The lowest BCUT2D eigenvalue weighted by molar-refractivity contribution is -0.148. The lowest BCUT2D eigenvalue weighted by Crippen LogP contribution is -2.50. The van der Waals surface area contributed by atoms with E-state index in [9.17, 15) is 4.79 Å². The molecule has 0 aromatic carbocycles. The zero-order valence-corrected chi connectivity index (χ0v) is 14.0. The Labute approximate surface area is 124 Å². The maximum absolute atomic E-state index is 11.9. The Morgan fingerprint density at radius 1 is 1.30 bits per heavy atom. The molecule has 4 nitrogen and oxygen atoms in total. The van der Waals surface area contributed by atoms with E-state index < -0.39 is 5.54 Å². The van der Waals surface area contributed by atoms with Crippen molar-refractivity contribution in [2.75, 3.05) is 26.9 Å². The average Bonchev–Trinajstić information content (AvgIpc) is 2.44. The van der Waals surface area contributed by atoms with Crippen LogP contribution in [0.1, 0.15) is 59.8 Å². The van der Waals surface area contributed by atoms with Gasteiger partial charge in [-0.25, -0.2) is 0 Å². The van der Waals surface area contributed by atoms with E-state index in [0.29, 0.717) is 12.5 Å². The first-order valence-electron chi connectivity index (χ1n) is 7.91. The highest BCUT2D eigenvalue weighted by molar-refractivity contribution is 5.80. The van der Waals surface area contributed by atoms with Crippen LogP contribution in [0.4, 0.5) is 0 Å². The Bertz CT molecular complexity index is 258. The van der Waals surface area contributed by atoms with Crippen LogP contribution in [0.25, 0.3) is 0 Å². The number of hydrogen-bond acceptors (Lipinski definition) is 4. The third-order valence-corrected chi connectivity index (χ3v) is 3.55. The van der Waals surface area contributed by atoms with Crippen LogP contribution in [0.2, 0.25) is 0 Å². The second kappa shape index (κ2) is 11.1. The summed E-state index contributed by atoms with van der Waals surface area (Å²) in [4.78, 5) is 11.9. The van der Waals surface area contributed by atoms with Gasteiger partial charge in [-0.05, 0) is 45.1 Å². The van der Waals surface area contributed by atoms with Crippen LogP contribution >= 0.6 is 0 Å². The van der Waals surface area contributed by atoms with E-state index in [4.69, 9.17) is 9.47 Å². The van der Waals surface area contributed by atoms with E-state index >= 15 is 0 Å². The van der Waals surface area contributed by atoms with Gasteiger partial charge in [0, 0.05) is 13.2 Å². The van der Waals surface area contributed by atoms with Gasteiger partial charge in [-0.15, -0.1) is 0 Å². The van der Waals surface area contributed by atoms with Crippen molar-refractivity contribution in [1.82, 2.24) is 5.32 Å². The minimum absolute atomic E-state index is 0.190. The van der Waals surface area contributed by atoms with Crippen LogP contribution < -0.4 is 5.32 Å². The van der Waals surface area contributed by atoms with E-state index in [1.807, 2.05) is 6.92 Å². The lowest BCUT2D eigenvalue weighted by Gasteiger charge is -2.28. The SMILES string of the molecule is CCCNC(C)(CCCOCC(C)CCC)C(=O)OC. The number of nitrogens with one attached hydrogen (secondary N) is 1. The zero-order valence-electron chi connectivity index (χ0n) is 14.0. The molecule has 1 N–H and O–H groups in total. The van der Waals surface area contributed by atoms with Gasteiger partial charge in [-0.2, -0.15) is 0 Å². The number of hydrogen-bond donors (Lipinski definition) is 1. The number of esters is 1. The summed E-state index contributed by atoms with van der Waals surface area (Å²) in [5, 5.41) is 3.29. The van der Waals surface area contributed by atoms with E-state index in [1.54, 1.807) is 0 Å². The Morgan fingerprint density at radius 2 is 2.00 bits per heavy atom. The average molecular weight is 287 g/mol. The summed E-state index contributed by atoms with van der Waals surface area (Å²) in [5.74, 6) is 0.426. The second-order valence-corrected chi connectivity index (χ2v) is 5.82. The van der Waals surface area contributed by atoms with E-state index in [0.717, 1.165) is 32.4 Å². The monoisotopic (exact) mass is 287 g/mol. The molecule has 0 aromatic heterocycles. The fraction of sp³-hybridized carbons (Fsp3) is 0.938. The Hall–Kier alpha value is -0.610. The van der Waals surface area contributed by atoms with Gasteiger partial charge in [0.15, 0.2) is 0 Å². The third-order valence-electron chi connectivity index (χ3n) is 3.55. The molecule has 0 fully saturated rings. The molecule has 0 amide bonds. The fourth-order valence-corrected chi connectivity index (χ4v) is 2.28. The topological polar surface area (TPSA) is 47.6 Å².